The lowest BCUT2D eigenvalue weighted by Gasteiger charge is -2.35. The monoisotopic (exact) mass is 538 g/mol. The van der Waals surface area contributed by atoms with Crippen molar-refractivity contribution in [3.05, 3.63) is 191 Å². The number of fused-ring (bicyclic) bond motifs is 5. The number of benzene rings is 6. The molecule has 202 valence electrons. The first-order valence-electron chi connectivity index (χ1n) is 14.7. The predicted octanol–water partition coefficient (Wildman–Crippen LogP) is 10.8. The van der Waals surface area contributed by atoms with Gasteiger partial charge in [0.05, 0.1) is 5.41 Å². The zero-order valence-corrected chi connectivity index (χ0v) is 24.2. The summed E-state index contributed by atoms with van der Waals surface area (Å²) in [5.41, 5.74) is 10.9. The van der Waals surface area contributed by atoms with Crippen LogP contribution in [0.3, 0.4) is 0 Å². The van der Waals surface area contributed by atoms with Crippen LogP contribution >= 0.6 is 0 Å². The minimum Gasteiger partial charge on any atom is -0.102 e. The van der Waals surface area contributed by atoms with E-state index in [1.165, 1.54) is 60.8 Å². The molecule has 7 rings (SSSR count). The van der Waals surface area contributed by atoms with Crippen molar-refractivity contribution in [2.75, 3.05) is 0 Å². The van der Waals surface area contributed by atoms with Crippen molar-refractivity contribution in [1.29, 1.82) is 0 Å². The van der Waals surface area contributed by atoms with E-state index in [0.29, 0.717) is 0 Å². The lowest BCUT2D eigenvalue weighted by atomic mass is 9.66. The average molecular weight is 539 g/mol. The SMILES string of the molecule is C=CC(C)(C)c1cc2c(c3ccccc13)-c1ccc(C=Cc3ccccc3)cc1C2(c1ccccc1)c1ccccc1. The van der Waals surface area contributed by atoms with Gasteiger partial charge in [-0.3, -0.25) is 0 Å². The Balaban J connectivity index is 1.62. The Morgan fingerprint density at radius 1 is 0.548 bits per heavy atom. The van der Waals surface area contributed by atoms with Gasteiger partial charge in [0.2, 0.25) is 0 Å². The van der Waals surface area contributed by atoms with E-state index in [-0.39, 0.29) is 5.41 Å². The molecule has 42 heavy (non-hydrogen) atoms. The van der Waals surface area contributed by atoms with Crippen molar-refractivity contribution in [3.63, 3.8) is 0 Å². The highest BCUT2D eigenvalue weighted by Crippen LogP contribution is 2.59. The maximum atomic E-state index is 4.25. The highest BCUT2D eigenvalue weighted by atomic mass is 14.5. The summed E-state index contributed by atoms with van der Waals surface area (Å²) in [5, 5.41) is 2.58. The molecule has 0 bridgehead atoms. The standard InChI is InChI=1S/C42H34/c1-4-41(2,3)37-29-39-40(35-23-15-14-22-34(35)37)36-27-26-31(25-24-30-16-8-5-9-17-30)28-38(36)42(39,32-18-10-6-11-19-32)33-20-12-7-13-21-33/h4-29H,1H2,2-3H3. The van der Waals surface area contributed by atoms with Crippen LogP contribution in [0.1, 0.15) is 52.8 Å². The minimum absolute atomic E-state index is 0.202. The first-order valence-corrected chi connectivity index (χ1v) is 14.7. The van der Waals surface area contributed by atoms with Gasteiger partial charge in [0, 0.05) is 5.41 Å². The van der Waals surface area contributed by atoms with Gasteiger partial charge in [0.15, 0.2) is 0 Å². The van der Waals surface area contributed by atoms with E-state index in [2.05, 4.69) is 178 Å². The maximum Gasteiger partial charge on any atom is 0.0714 e. The molecule has 0 spiro atoms. The molecule has 0 fully saturated rings. The highest BCUT2D eigenvalue weighted by Gasteiger charge is 2.47. The first kappa shape index (κ1) is 26.0. The number of rotatable bonds is 6. The summed E-state index contributed by atoms with van der Waals surface area (Å²) in [4.78, 5) is 0. The van der Waals surface area contributed by atoms with Gasteiger partial charge in [-0.15, -0.1) is 6.58 Å². The zero-order chi connectivity index (χ0) is 28.7. The Hall–Kier alpha value is -4.94. The Bertz CT molecular complexity index is 1900. The molecule has 0 atom stereocenters. The molecule has 0 amide bonds. The second-order valence-electron chi connectivity index (χ2n) is 11.8. The first-order chi connectivity index (χ1) is 20.5. The van der Waals surface area contributed by atoms with Crippen molar-refractivity contribution in [2.24, 2.45) is 0 Å². The topological polar surface area (TPSA) is 0 Å². The van der Waals surface area contributed by atoms with Crippen molar-refractivity contribution in [2.45, 2.75) is 24.7 Å². The van der Waals surface area contributed by atoms with Crippen molar-refractivity contribution in [3.8, 4) is 11.1 Å². The predicted molar refractivity (Wildman–Crippen MR) is 180 cm³/mol. The molecular formula is C42H34. The molecule has 0 N–H and O–H groups in total. The normalized spacial score (nSPS) is 13.7. The summed E-state index contributed by atoms with van der Waals surface area (Å²) < 4.78 is 0. The van der Waals surface area contributed by atoms with Gasteiger partial charge in [-0.25, -0.2) is 0 Å². The van der Waals surface area contributed by atoms with E-state index < -0.39 is 5.41 Å². The van der Waals surface area contributed by atoms with Crippen molar-refractivity contribution >= 4 is 22.9 Å². The van der Waals surface area contributed by atoms with Crippen molar-refractivity contribution in [1.82, 2.24) is 0 Å². The van der Waals surface area contributed by atoms with Crippen LogP contribution < -0.4 is 0 Å². The van der Waals surface area contributed by atoms with Gasteiger partial charge in [0.25, 0.3) is 0 Å². The lowest BCUT2D eigenvalue weighted by Crippen LogP contribution is -2.29. The summed E-state index contributed by atoms with van der Waals surface area (Å²) in [6.07, 6.45) is 6.53. The molecule has 0 saturated heterocycles. The molecule has 0 saturated carbocycles. The Kier molecular flexibility index (Phi) is 6.29. The summed E-state index contributed by atoms with van der Waals surface area (Å²) in [7, 11) is 0. The van der Waals surface area contributed by atoms with E-state index in [1.807, 2.05) is 0 Å². The summed E-state index contributed by atoms with van der Waals surface area (Å²) in [6, 6.07) is 51.1. The number of allylic oxidation sites excluding steroid dienone is 1. The molecular weight excluding hydrogens is 504 g/mol. The van der Waals surface area contributed by atoms with Gasteiger partial charge >= 0.3 is 0 Å². The van der Waals surface area contributed by atoms with Crippen LogP contribution in [-0.2, 0) is 10.8 Å². The van der Waals surface area contributed by atoms with Crippen LogP contribution in [0.15, 0.2) is 152 Å². The van der Waals surface area contributed by atoms with E-state index in [4.69, 9.17) is 0 Å². The fraction of sp³-hybridized carbons (Fsp3) is 0.0952. The highest BCUT2D eigenvalue weighted by molar-refractivity contribution is 6.06. The fourth-order valence-electron chi connectivity index (χ4n) is 6.86. The van der Waals surface area contributed by atoms with Crippen LogP contribution in [0.4, 0.5) is 0 Å². The van der Waals surface area contributed by atoms with Crippen LogP contribution in [0, 0.1) is 0 Å². The van der Waals surface area contributed by atoms with Gasteiger partial charge in [0.1, 0.15) is 0 Å². The number of hydrogen-bond donors (Lipinski definition) is 0. The Morgan fingerprint density at radius 3 is 1.71 bits per heavy atom. The number of hydrogen-bond acceptors (Lipinski definition) is 0. The molecule has 6 aromatic rings. The second kappa shape index (κ2) is 10.2. The molecule has 1 aliphatic rings. The molecule has 0 aromatic heterocycles. The van der Waals surface area contributed by atoms with E-state index in [9.17, 15) is 0 Å². The average Bonchev–Trinajstić information content (AvgIpc) is 3.35. The molecule has 1 aliphatic carbocycles. The van der Waals surface area contributed by atoms with Crippen LogP contribution in [0.25, 0.3) is 34.1 Å². The molecule has 0 aliphatic heterocycles. The summed E-state index contributed by atoms with van der Waals surface area (Å²) in [5.74, 6) is 0. The van der Waals surface area contributed by atoms with E-state index in [1.54, 1.807) is 0 Å². The smallest absolute Gasteiger partial charge is 0.0714 e. The molecule has 0 unspecified atom stereocenters. The third-order valence-electron chi connectivity index (χ3n) is 9.05. The second-order valence-corrected chi connectivity index (χ2v) is 11.8. The molecule has 6 aromatic carbocycles. The summed E-state index contributed by atoms with van der Waals surface area (Å²) >= 11 is 0. The van der Waals surface area contributed by atoms with Gasteiger partial charge < -0.3 is 0 Å². The molecule has 0 radical (unpaired) electrons. The zero-order valence-electron chi connectivity index (χ0n) is 24.2. The van der Waals surface area contributed by atoms with E-state index >= 15 is 0 Å². The fourth-order valence-corrected chi connectivity index (χ4v) is 6.86. The third-order valence-corrected chi connectivity index (χ3v) is 9.05. The Morgan fingerprint density at radius 2 is 1.10 bits per heavy atom. The van der Waals surface area contributed by atoms with Crippen LogP contribution in [0.5, 0.6) is 0 Å². The van der Waals surface area contributed by atoms with Crippen LogP contribution in [-0.4, -0.2) is 0 Å². The largest absolute Gasteiger partial charge is 0.102 e. The molecule has 0 heteroatoms. The summed E-state index contributed by atoms with van der Waals surface area (Å²) in [6.45, 7) is 8.80. The van der Waals surface area contributed by atoms with Gasteiger partial charge in [-0.1, -0.05) is 166 Å². The third kappa shape index (κ3) is 3.98. The molecule has 0 nitrogen and oxygen atoms in total. The van der Waals surface area contributed by atoms with Gasteiger partial charge in [-0.2, -0.15) is 0 Å². The minimum atomic E-state index is -0.472. The quantitative estimate of drug-likeness (QED) is 0.146. The lowest BCUT2D eigenvalue weighted by molar-refractivity contribution is 0.673. The Labute approximate surface area is 249 Å². The van der Waals surface area contributed by atoms with Crippen molar-refractivity contribution < 1.29 is 0 Å². The maximum absolute atomic E-state index is 4.25. The van der Waals surface area contributed by atoms with E-state index in [0.717, 1.165) is 0 Å². The van der Waals surface area contributed by atoms with Gasteiger partial charge in [-0.05, 0) is 66.9 Å². The molecule has 0 heterocycles. The van der Waals surface area contributed by atoms with Crippen LogP contribution in [0.2, 0.25) is 0 Å².